The molecule has 0 saturated carbocycles. The number of hydrogen-bond acceptors (Lipinski definition) is 3. The van der Waals surface area contributed by atoms with Gasteiger partial charge in [0.05, 0.1) is 11.3 Å². The van der Waals surface area contributed by atoms with Crippen LogP contribution in [-0.2, 0) is 4.79 Å². The van der Waals surface area contributed by atoms with Gasteiger partial charge in [0.2, 0.25) is 0 Å². The van der Waals surface area contributed by atoms with Gasteiger partial charge in [-0.15, -0.1) is 11.8 Å². The molecule has 98 valence electrons. The monoisotopic (exact) mass is 383 g/mol. The molecular formula is C11H11FINO3S. The molecule has 7 heteroatoms. The number of nitrogens with one attached hydrogen (secondary N) is 1. The predicted octanol–water partition coefficient (Wildman–Crippen LogP) is 1.98. The topological polar surface area (TPSA) is 66.4 Å². The van der Waals surface area contributed by atoms with E-state index in [1.54, 1.807) is 6.07 Å². The van der Waals surface area contributed by atoms with Gasteiger partial charge in [0, 0.05) is 15.9 Å². The van der Waals surface area contributed by atoms with Gasteiger partial charge in [-0.1, -0.05) is 6.07 Å². The van der Waals surface area contributed by atoms with E-state index in [0.29, 0.717) is 15.9 Å². The lowest BCUT2D eigenvalue weighted by molar-refractivity contribution is -0.133. The lowest BCUT2D eigenvalue weighted by Crippen LogP contribution is -2.27. The SMILES string of the molecule is O=C(O)CSCCNC(=O)c1c(F)cccc1I. The highest BCUT2D eigenvalue weighted by Crippen LogP contribution is 2.15. The molecule has 1 amide bonds. The van der Waals surface area contributed by atoms with Crippen LogP contribution in [-0.4, -0.2) is 35.0 Å². The van der Waals surface area contributed by atoms with Crippen molar-refractivity contribution < 1.29 is 19.1 Å². The summed E-state index contributed by atoms with van der Waals surface area (Å²) in [6.45, 7) is 0.307. The predicted molar refractivity (Wildman–Crippen MR) is 76.4 cm³/mol. The number of carboxylic acids is 1. The maximum atomic E-state index is 13.4. The van der Waals surface area contributed by atoms with Crippen molar-refractivity contribution in [3.8, 4) is 0 Å². The highest BCUT2D eigenvalue weighted by atomic mass is 127. The molecular weight excluding hydrogens is 372 g/mol. The molecule has 0 aromatic heterocycles. The summed E-state index contributed by atoms with van der Waals surface area (Å²) >= 11 is 3.09. The van der Waals surface area contributed by atoms with Crippen LogP contribution in [0.25, 0.3) is 0 Å². The van der Waals surface area contributed by atoms with Gasteiger partial charge in [-0.2, -0.15) is 0 Å². The van der Waals surface area contributed by atoms with E-state index in [4.69, 9.17) is 5.11 Å². The lowest BCUT2D eigenvalue weighted by atomic mass is 10.2. The molecule has 4 nitrogen and oxygen atoms in total. The Morgan fingerprint density at radius 3 is 2.78 bits per heavy atom. The molecule has 0 fully saturated rings. The minimum atomic E-state index is -0.894. The van der Waals surface area contributed by atoms with E-state index >= 15 is 0 Å². The number of carboxylic acid groups (broad SMARTS) is 1. The fourth-order valence-electron chi connectivity index (χ4n) is 1.20. The summed E-state index contributed by atoms with van der Waals surface area (Å²) in [5.41, 5.74) is 0.0290. The van der Waals surface area contributed by atoms with Crippen molar-refractivity contribution in [1.82, 2.24) is 5.32 Å². The van der Waals surface area contributed by atoms with E-state index in [1.807, 2.05) is 22.6 Å². The van der Waals surface area contributed by atoms with Gasteiger partial charge < -0.3 is 10.4 Å². The Labute approximate surface area is 121 Å². The summed E-state index contributed by atoms with van der Waals surface area (Å²) in [4.78, 5) is 22.0. The van der Waals surface area contributed by atoms with Gasteiger partial charge in [-0.3, -0.25) is 9.59 Å². The number of carbonyl (C=O) groups excluding carboxylic acids is 1. The van der Waals surface area contributed by atoms with Gasteiger partial charge in [0.15, 0.2) is 0 Å². The van der Waals surface area contributed by atoms with E-state index < -0.39 is 17.7 Å². The van der Waals surface area contributed by atoms with Crippen molar-refractivity contribution in [2.75, 3.05) is 18.1 Å². The van der Waals surface area contributed by atoms with Crippen molar-refractivity contribution in [3.05, 3.63) is 33.1 Å². The Hall–Kier alpha value is -0.830. The van der Waals surface area contributed by atoms with E-state index in [9.17, 15) is 14.0 Å². The van der Waals surface area contributed by atoms with Crippen LogP contribution in [0.4, 0.5) is 4.39 Å². The molecule has 0 radical (unpaired) electrons. The first-order valence-electron chi connectivity index (χ1n) is 5.04. The summed E-state index contributed by atoms with van der Waals surface area (Å²) in [5, 5.41) is 11.0. The molecule has 0 bridgehead atoms. The first kappa shape index (κ1) is 15.2. The molecule has 0 spiro atoms. The quantitative estimate of drug-likeness (QED) is 0.583. The van der Waals surface area contributed by atoms with Crippen molar-refractivity contribution in [2.45, 2.75) is 0 Å². The van der Waals surface area contributed by atoms with E-state index in [2.05, 4.69) is 5.32 Å². The molecule has 0 saturated heterocycles. The number of aliphatic carboxylic acids is 1. The summed E-state index contributed by atoms with van der Waals surface area (Å²) in [6, 6.07) is 4.42. The molecule has 18 heavy (non-hydrogen) atoms. The lowest BCUT2D eigenvalue weighted by Gasteiger charge is -2.07. The molecule has 0 aliphatic carbocycles. The smallest absolute Gasteiger partial charge is 0.313 e. The highest BCUT2D eigenvalue weighted by molar-refractivity contribution is 14.1. The van der Waals surface area contributed by atoms with Crippen molar-refractivity contribution in [1.29, 1.82) is 0 Å². The average molecular weight is 383 g/mol. The van der Waals surface area contributed by atoms with Crippen LogP contribution >= 0.6 is 34.4 Å². The number of halogens is 2. The van der Waals surface area contributed by atoms with Crippen LogP contribution in [0, 0.1) is 9.39 Å². The van der Waals surface area contributed by atoms with Crippen LogP contribution in [0.3, 0.4) is 0 Å². The number of thioether (sulfide) groups is 1. The largest absolute Gasteiger partial charge is 0.481 e. The third kappa shape index (κ3) is 4.81. The Morgan fingerprint density at radius 2 is 2.17 bits per heavy atom. The minimum absolute atomic E-state index is 0.00684. The number of rotatable bonds is 6. The molecule has 0 unspecified atom stereocenters. The van der Waals surface area contributed by atoms with E-state index in [1.165, 1.54) is 23.9 Å². The molecule has 1 aromatic carbocycles. The molecule has 1 aromatic rings. The number of amides is 1. The Balaban J connectivity index is 2.44. The van der Waals surface area contributed by atoms with Crippen LogP contribution in [0.1, 0.15) is 10.4 Å². The number of carbonyl (C=O) groups is 2. The van der Waals surface area contributed by atoms with Crippen LogP contribution < -0.4 is 5.32 Å². The van der Waals surface area contributed by atoms with Gasteiger partial charge in [0.1, 0.15) is 5.82 Å². The maximum Gasteiger partial charge on any atom is 0.313 e. The Morgan fingerprint density at radius 1 is 1.44 bits per heavy atom. The summed E-state index contributed by atoms with van der Waals surface area (Å²) < 4.78 is 14.0. The van der Waals surface area contributed by atoms with E-state index in [0.717, 1.165) is 0 Å². The van der Waals surface area contributed by atoms with Gasteiger partial charge >= 0.3 is 5.97 Å². The van der Waals surface area contributed by atoms with Crippen molar-refractivity contribution >= 4 is 46.2 Å². The zero-order valence-electron chi connectivity index (χ0n) is 9.28. The first-order chi connectivity index (χ1) is 8.52. The van der Waals surface area contributed by atoms with Crippen LogP contribution in [0.5, 0.6) is 0 Å². The standard InChI is InChI=1S/C11H11FINO3S/c12-7-2-1-3-8(13)10(7)11(17)14-4-5-18-6-9(15)16/h1-3H,4-6H2,(H,14,17)(H,15,16). The van der Waals surface area contributed by atoms with Crippen LogP contribution in [0.2, 0.25) is 0 Å². The Kier molecular flexibility index (Phi) is 6.41. The summed E-state index contributed by atoms with van der Waals surface area (Å²) in [7, 11) is 0. The third-order valence-corrected chi connectivity index (χ3v) is 3.79. The van der Waals surface area contributed by atoms with Gasteiger partial charge in [-0.05, 0) is 34.7 Å². The average Bonchev–Trinajstić information content (AvgIpc) is 2.27. The Bertz CT molecular complexity index is 436. The second-order valence-corrected chi connectivity index (χ2v) is 5.57. The summed E-state index contributed by atoms with van der Waals surface area (Å²) in [6.07, 6.45) is 0. The minimum Gasteiger partial charge on any atom is -0.481 e. The van der Waals surface area contributed by atoms with Crippen molar-refractivity contribution in [3.63, 3.8) is 0 Å². The first-order valence-corrected chi connectivity index (χ1v) is 7.27. The fourth-order valence-corrected chi connectivity index (χ4v) is 2.47. The highest BCUT2D eigenvalue weighted by Gasteiger charge is 2.14. The third-order valence-electron chi connectivity index (χ3n) is 1.95. The maximum absolute atomic E-state index is 13.4. The van der Waals surface area contributed by atoms with Crippen LogP contribution in [0.15, 0.2) is 18.2 Å². The number of hydrogen-bond donors (Lipinski definition) is 2. The zero-order valence-corrected chi connectivity index (χ0v) is 12.3. The summed E-state index contributed by atoms with van der Waals surface area (Å²) in [5.74, 6) is -1.46. The van der Waals surface area contributed by atoms with Gasteiger partial charge in [0.25, 0.3) is 5.91 Å². The molecule has 0 heterocycles. The zero-order chi connectivity index (χ0) is 13.5. The van der Waals surface area contributed by atoms with E-state index in [-0.39, 0.29) is 11.3 Å². The molecule has 1 rings (SSSR count). The second kappa shape index (κ2) is 7.57. The molecule has 0 aliphatic heterocycles. The molecule has 0 aliphatic rings. The van der Waals surface area contributed by atoms with Gasteiger partial charge in [-0.25, -0.2) is 4.39 Å². The normalized spacial score (nSPS) is 10.1. The number of benzene rings is 1. The molecule has 2 N–H and O–H groups in total. The fraction of sp³-hybridized carbons (Fsp3) is 0.273. The van der Waals surface area contributed by atoms with Crippen molar-refractivity contribution in [2.24, 2.45) is 0 Å². The molecule has 0 atom stereocenters. The second-order valence-electron chi connectivity index (χ2n) is 3.30.